The van der Waals surface area contributed by atoms with Crippen molar-refractivity contribution >= 4 is 33.0 Å². The number of hydrogen-bond acceptors (Lipinski definition) is 6. The molecule has 38 heavy (non-hydrogen) atoms. The van der Waals surface area contributed by atoms with Gasteiger partial charge in [0.05, 0.1) is 21.4 Å². The maximum atomic E-state index is 13.7. The van der Waals surface area contributed by atoms with Crippen molar-refractivity contribution in [2.45, 2.75) is 41.6 Å². The summed E-state index contributed by atoms with van der Waals surface area (Å²) in [5.41, 5.74) is -1.05. The molecule has 3 saturated carbocycles. The number of rotatable bonds is 6. The van der Waals surface area contributed by atoms with Crippen LogP contribution in [0.25, 0.3) is 0 Å². The number of carbonyl (C=O) groups excluding carboxylic acids is 1. The quantitative estimate of drug-likeness (QED) is 0.417. The Morgan fingerprint density at radius 1 is 1.18 bits per heavy atom. The second-order valence-corrected chi connectivity index (χ2v) is 12.8. The maximum Gasteiger partial charge on any atom is 0.255 e. The number of aryl methyl sites for hydroxylation is 1. The zero-order valence-electron chi connectivity index (χ0n) is 20.5. The average Bonchev–Trinajstić information content (AvgIpc) is 3.32. The number of amides is 1. The van der Waals surface area contributed by atoms with Gasteiger partial charge in [-0.1, -0.05) is 18.5 Å². The molecule has 3 unspecified atom stereocenters. The lowest BCUT2D eigenvalue weighted by Crippen LogP contribution is -2.69. The van der Waals surface area contributed by atoms with Crippen LogP contribution in [0, 0.1) is 29.4 Å². The van der Waals surface area contributed by atoms with E-state index < -0.39 is 56.2 Å². The molecule has 12 heteroatoms. The lowest BCUT2D eigenvalue weighted by Gasteiger charge is -2.64. The van der Waals surface area contributed by atoms with Crippen LogP contribution in [0.5, 0.6) is 0 Å². The third-order valence-electron chi connectivity index (χ3n) is 8.09. The van der Waals surface area contributed by atoms with Gasteiger partial charge in [0.15, 0.2) is 21.5 Å². The zero-order chi connectivity index (χ0) is 27.6. The van der Waals surface area contributed by atoms with Crippen LogP contribution in [-0.2, 0) is 16.9 Å². The fourth-order valence-electron chi connectivity index (χ4n) is 6.08. The second-order valence-electron chi connectivity index (χ2n) is 10.2. The normalized spacial score (nSPS) is 27.4. The molecule has 3 aliphatic carbocycles. The van der Waals surface area contributed by atoms with E-state index in [4.69, 9.17) is 11.6 Å². The van der Waals surface area contributed by atoms with E-state index in [1.807, 2.05) is 6.92 Å². The number of nitrogens with zero attached hydrogens (tertiary/aromatic N) is 2. The number of benzene rings is 2. The van der Waals surface area contributed by atoms with Gasteiger partial charge in [0.2, 0.25) is 0 Å². The van der Waals surface area contributed by atoms with Crippen molar-refractivity contribution in [3.63, 3.8) is 0 Å². The number of aliphatic hydroxyl groups is 2. The van der Waals surface area contributed by atoms with Gasteiger partial charge >= 0.3 is 0 Å². The summed E-state index contributed by atoms with van der Waals surface area (Å²) in [4.78, 5) is 12.5. The van der Waals surface area contributed by atoms with Crippen LogP contribution in [0.1, 0.15) is 41.8 Å². The van der Waals surface area contributed by atoms with E-state index in [0.717, 1.165) is 18.2 Å². The number of hydrogen-bond donors (Lipinski definition) is 3. The van der Waals surface area contributed by atoms with E-state index >= 15 is 0 Å². The lowest BCUT2D eigenvalue weighted by molar-refractivity contribution is -0.265. The summed E-state index contributed by atoms with van der Waals surface area (Å²) in [6.45, 7) is 1.93. The number of halogens is 3. The highest BCUT2D eigenvalue weighted by Crippen LogP contribution is 2.63. The van der Waals surface area contributed by atoms with Gasteiger partial charge in [-0.15, -0.1) is 0 Å². The Kier molecular flexibility index (Phi) is 6.62. The van der Waals surface area contributed by atoms with Crippen molar-refractivity contribution in [3.8, 4) is 0 Å². The Hall–Kier alpha value is -2.86. The molecule has 1 amide bonds. The molecule has 3 fully saturated rings. The topological polar surface area (TPSA) is 122 Å². The van der Waals surface area contributed by atoms with Gasteiger partial charge in [-0.2, -0.15) is 5.10 Å². The summed E-state index contributed by atoms with van der Waals surface area (Å²) in [6, 6.07) is 6.65. The third kappa shape index (κ3) is 4.21. The van der Waals surface area contributed by atoms with Gasteiger partial charge in [0, 0.05) is 36.1 Å². The molecule has 3 aromatic rings. The molecule has 0 spiro atoms. The second kappa shape index (κ2) is 9.41. The Balaban J connectivity index is 1.38. The van der Waals surface area contributed by atoms with Gasteiger partial charge in [-0.3, -0.25) is 9.48 Å². The molecule has 1 heterocycles. The number of fused-ring (bicyclic) bond motifs is 2. The summed E-state index contributed by atoms with van der Waals surface area (Å²) >= 11 is 6.27. The average molecular weight is 566 g/mol. The Morgan fingerprint density at radius 2 is 1.87 bits per heavy atom. The van der Waals surface area contributed by atoms with Crippen molar-refractivity contribution in [1.29, 1.82) is 0 Å². The van der Waals surface area contributed by atoms with Crippen LogP contribution in [0.4, 0.5) is 14.5 Å². The molecule has 0 aliphatic heterocycles. The van der Waals surface area contributed by atoms with Gasteiger partial charge in [-0.25, -0.2) is 17.2 Å². The van der Waals surface area contributed by atoms with Crippen molar-refractivity contribution in [1.82, 2.24) is 9.78 Å². The minimum Gasteiger partial charge on any atom is -0.386 e. The first-order valence-corrected chi connectivity index (χ1v) is 13.9. The SMILES string of the molecule is CC1C2CC(S(=O)(=O)c3cc(C(=O)Nc4ccc(F)c(F)c4)ccc3Cl)CC1C2(O)C(O)c1cnn(C)c1. The highest BCUT2D eigenvalue weighted by atomic mass is 35.5. The van der Waals surface area contributed by atoms with Crippen molar-refractivity contribution in [2.24, 2.45) is 24.8 Å². The lowest BCUT2D eigenvalue weighted by atomic mass is 9.46. The van der Waals surface area contributed by atoms with Crippen LogP contribution in [-0.4, -0.2) is 45.2 Å². The predicted molar refractivity (Wildman–Crippen MR) is 135 cm³/mol. The smallest absolute Gasteiger partial charge is 0.255 e. The largest absolute Gasteiger partial charge is 0.386 e. The van der Waals surface area contributed by atoms with Crippen molar-refractivity contribution in [3.05, 3.63) is 76.6 Å². The minimum atomic E-state index is -4.03. The Bertz CT molecular complexity index is 1510. The van der Waals surface area contributed by atoms with Gasteiger partial charge < -0.3 is 15.5 Å². The van der Waals surface area contributed by atoms with Crippen LogP contribution < -0.4 is 5.32 Å². The summed E-state index contributed by atoms with van der Waals surface area (Å²) in [6.07, 6.45) is 2.10. The van der Waals surface area contributed by atoms with Crippen molar-refractivity contribution < 1.29 is 32.2 Å². The first-order valence-electron chi connectivity index (χ1n) is 12.0. The molecule has 1 aromatic heterocycles. The first-order chi connectivity index (χ1) is 17.8. The van der Waals surface area contributed by atoms with E-state index in [9.17, 15) is 32.2 Å². The molecule has 2 bridgehead atoms. The molecule has 202 valence electrons. The highest BCUT2D eigenvalue weighted by Gasteiger charge is 2.67. The molecular weight excluding hydrogens is 540 g/mol. The summed E-state index contributed by atoms with van der Waals surface area (Å²) in [5.74, 6) is -3.88. The molecule has 2 aromatic carbocycles. The number of aromatic nitrogens is 2. The first kappa shape index (κ1) is 26.7. The Morgan fingerprint density at radius 3 is 2.47 bits per heavy atom. The summed E-state index contributed by atoms with van der Waals surface area (Å²) in [5, 5.41) is 28.0. The molecule has 8 nitrogen and oxygen atoms in total. The molecule has 0 saturated heterocycles. The summed E-state index contributed by atoms with van der Waals surface area (Å²) in [7, 11) is -2.33. The van der Waals surface area contributed by atoms with E-state index in [1.54, 1.807) is 13.2 Å². The van der Waals surface area contributed by atoms with Gasteiger partial charge in [-0.05, 0) is 60.9 Å². The molecule has 0 radical (unpaired) electrons. The highest BCUT2D eigenvalue weighted by molar-refractivity contribution is 7.92. The monoisotopic (exact) mass is 565 g/mol. The molecule has 3 atom stereocenters. The zero-order valence-corrected chi connectivity index (χ0v) is 22.0. The standard InChI is InChI=1S/C26H26ClF2N3O5S/c1-13-18-9-17(10-19(13)26(18,35)24(33)15-11-30-32(2)12-15)38(36,37)23-7-14(3-5-20(23)27)25(34)31-16-4-6-21(28)22(29)8-16/h3-8,11-13,17-19,24,33,35H,9-10H2,1-2H3,(H,31,34). The number of carbonyl (C=O) groups is 1. The number of nitrogens with one attached hydrogen (secondary N) is 1. The maximum absolute atomic E-state index is 13.7. The minimum absolute atomic E-state index is 0.000993. The number of aliphatic hydroxyl groups excluding tert-OH is 1. The summed E-state index contributed by atoms with van der Waals surface area (Å²) < 4.78 is 55.6. The fraction of sp³-hybridized carbons (Fsp3) is 0.385. The third-order valence-corrected chi connectivity index (χ3v) is 10.7. The van der Waals surface area contributed by atoms with Crippen LogP contribution >= 0.6 is 11.6 Å². The number of anilines is 1. The van der Waals surface area contributed by atoms with Crippen LogP contribution in [0.3, 0.4) is 0 Å². The van der Waals surface area contributed by atoms with Crippen LogP contribution in [0.2, 0.25) is 5.02 Å². The fourth-order valence-corrected chi connectivity index (χ4v) is 8.43. The predicted octanol–water partition coefficient (Wildman–Crippen LogP) is 3.89. The molecule has 6 rings (SSSR count). The molecule has 3 N–H and O–H groups in total. The van der Waals surface area contributed by atoms with E-state index in [2.05, 4.69) is 10.4 Å². The van der Waals surface area contributed by atoms with E-state index in [-0.39, 0.29) is 39.9 Å². The van der Waals surface area contributed by atoms with Gasteiger partial charge in [0.1, 0.15) is 11.7 Å². The van der Waals surface area contributed by atoms with Gasteiger partial charge in [0.25, 0.3) is 5.91 Å². The number of sulfone groups is 1. The molecular formula is C26H26ClF2N3O5S. The van der Waals surface area contributed by atoms with Crippen molar-refractivity contribution in [2.75, 3.05) is 5.32 Å². The van der Waals surface area contributed by atoms with E-state index in [1.165, 1.54) is 29.1 Å². The van der Waals surface area contributed by atoms with Crippen LogP contribution in [0.15, 0.2) is 53.7 Å². The Labute approximate surface area is 223 Å². The molecule has 3 aliphatic rings. The van der Waals surface area contributed by atoms with E-state index in [0.29, 0.717) is 5.56 Å².